The summed E-state index contributed by atoms with van der Waals surface area (Å²) in [6.45, 7) is 0. The molecule has 50 valence electrons. The Labute approximate surface area is 59.6 Å². The van der Waals surface area contributed by atoms with E-state index in [2.05, 4.69) is 0 Å². The topological polar surface area (TPSA) is 34.1 Å². The third-order valence-electron chi connectivity index (χ3n) is 0.901. The van der Waals surface area contributed by atoms with Gasteiger partial charge in [0.05, 0.1) is 0 Å². The molecule has 0 aliphatic heterocycles. The van der Waals surface area contributed by atoms with E-state index >= 15 is 0 Å². The van der Waals surface area contributed by atoms with Crippen molar-refractivity contribution in [1.29, 1.82) is 0 Å². The molecule has 0 aliphatic rings. The van der Waals surface area contributed by atoms with E-state index in [1.807, 2.05) is 11.8 Å². The molecule has 0 radical (unpaired) electrons. The lowest BCUT2D eigenvalue weighted by Gasteiger charge is -1.86. The lowest BCUT2D eigenvalue weighted by atomic mass is 10.2. The number of Topliss-reactive ketones (excluding diaryl/α,β-unsaturated/α-hetero) is 2. The van der Waals surface area contributed by atoms with Crippen molar-refractivity contribution in [2.75, 3.05) is 0 Å². The maximum Gasteiger partial charge on any atom is 0.205 e. The maximum atomic E-state index is 10.4. The fraction of sp³-hybridized carbons (Fsp3) is 0.250. The van der Waals surface area contributed by atoms with Crippen LogP contribution in [0.1, 0.15) is 12.8 Å². The lowest BCUT2D eigenvalue weighted by molar-refractivity contribution is -0.118. The van der Waals surface area contributed by atoms with E-state index in [0.717, 1.165) is 0 Å². The molecule has 0 aromatic carbocycles. The standard InChI is InChI=1S/C8H6O2/c1-3-7(9)5-6-8(10)4-2/h1-2H,5-6H2. The SMILES string of the molecule is C#CC(=O)CCC(=O)C#C. The number of ketones is 2. The number of carbonyl (C=O) groups is 2. The molecule has 0 saturated carbocycles. The minimum atomic E-state index is -0.386. The zero-order chi connectivity index (χ0) is 7.98. The highest BCUT2D eigenvalue weighted by Gasteiger charge is 2.00. The van der Waals surface area contributed by atoms with Gasteiger partial charge in [-0.2, -0.15) is 0 Å². The normalized spacial score (nSPS) is 7.40. The van der Waals surface area contributed by atoms with Crippen molar-refractivity contribution in [3.63, 3.8) is 0 Å². The van der Waals surface area contributed by atoms with Gasteiger partial charge in [0, 0.05) is 12.8 Å². The van der Waals surface area contributed by atoms with Crippen LogP contribution in [-0.2, 0) is 9.59 Å². The molecule has 0 spiro atoms. The number of carbonyl (C=O) groups excluding carboxylic acids is 2. The summed E-state index contributed by atoms with van der Waals surface area (Å²) in [4.78, 5) is 20.8. The first-order chi connectivity index (χ1) is 4.70. The van der Waals surface area contributed by atoms with Gasteiger partial charge in [-0.25, -0.2) is 0 Å². The second-order valence-corrected chi connectivity index (χ2v) is 1.64. The van der Waals surface area contributed by atoms with E-state index in [0.29, 0.717) is 0 Å². The molecule has 0 atom stereocenters. The van der Waals surface area contributed by atoms with E-state index in [-0.39, 0.29) is 24.4 Å². The van der Waals surface area contributed by atoms with Crippen LogP contribution in [-0.4, -0.2) is 11.6 Å². The highest BCUT2D eigenvalue weighted by Crippen LogP contribution is 1.89. The molecule has 0 saturated heterocycles. The molecule has 0 aliphatic carbocycles. The molecule has 0 rings (SSSR count). The summed E-state index contributed by atoms with van der Waals surface area (Å²) in [6, 6.07) is 0. The van der Waals surface area contributed by atoms with E-state index in [1.54, 1.807) is 0 Å². The summed E-state index contributed by atoms with van der Waals surface area (Å²) in [6.07, 6.45) is 9.58. The van der Waals surface area contributed by atoms with Crippen LogP contribution in [0.15, 0.2) is 0 Å². The van der Waals surface area contributed by atoms with Crippen LogP contribution in [0.25, 0.3) is 0 Å². The highest BCUT2D eigenvalue weighted by atomic mass is 16.1. The second-order valence-electron chi connectivity index (χ2n) is 1.64. The Morgan fingerprint density at radius 2 is 1.30 bits per heavy atom. The van der Waals surface area contributed by atoms with Gasteiger partial charge in [-0.3, -0.25) is 9.59 Å². The van der Waals surface area contributed by atoms with Gasteiger partial charge >= 0.3 is 0 Å². The van der Waals surface area contributed by atoms with Crippen LogP contribution in [0, 0.1) is 24.7 Å². The summed E-state index contributed by atoms with van der Waals surface area (Å²) in [7, 11) is 0. The molecule has 0 unspecified atom stereocenters. The number of hydrogen-bond donors (Lipinski definition) is 0. The van der Waals surface area contributed by atoms with Crippen LogP contribution >= 0.6 is 0 Å². The quantitative estimate of drug-likeness (QED) is 0.407. The summed E-state index contributed by atoms with van der Waals surface area (Å²) in [5, 5.41) is 0. The zero-order valence-corrected chi connectivity index (χ0v) is 5.39. The first-order valence-corrected chi connectivity index (χ1v) is 2.69. The van der Waals surface area contributed by atoms with Crippen molar-refractivity contribution < 1.29 is 9.59 Å². The van der Waals surface area contributed by atoms with Crippen LogP contribution in [0.2, 0.25) is 0 Å². The molecule has 2 nitrogen and oxygen atoms in total. The molecule has 0 heterocycles. The third kappa shape index (κ3) is 3.46. The second kappa shape index (κ2) is 4.35. The Morgan fingerprint density at radius 1 is 1.00 bits per heavy atom. The van der Waals surface area contributed by atoms with Crippen molar-refractivity contribution >= 4 is 11.6 Å². The Balaban J connectivity index is 3.61. The van der Waals surface area contributed by atoms with Gasteiger partial charge in [-0.05, 0) is 11.8 Å². The predicted molar refractivity (Wildman–Crippen MR) is 36.9 cm³/mol. The van der Waals surface area contributed by atoms with Crippen molar-refractivity contribution in [2.45, 2.75) is 12.8 Å². The van der Waals surface area contributed by atoms with Gasteiger partial charge in [0.15, 0.2) is 0 Å². The molecule has 0 amide bonds. The maximum absolute atomic E-state index is 10.4. The monoisotopic (exact) mass is 134 g/mol. The minimum Gasteiger partial charge on any atom is -0.285 e. The number of rotatable bonds is 3. The van der Waals surface area contributed by atoms with Crippen molar-refractivity contribution in [2.24, 2.45) is 0 Å². The molecular formula is C8H6O2. The summed E-state index contributed by atoms with van der Waals surface area (Å²) < 4.78 is 0. The molecule has 0 bridgehead atoms. The largest absolute Gasteiger partial charge is 0.285 e. The van der Waals surface area contributed by atoms with Gasteiger partial charge in [0.25, 0.3) is 0 Å². The minimum absolute atomic E-state index is 0.0551. The van der Waals surface area contributed by atoms with Gasteiger partial charge in [0.1, 0.15) is 0 Å². The first kappa shape index (κ1) is 8.46. The molecule has 0 aromatic rings. The number of hydrogen-bond acceptors (Lipinski definition) is 2. The van der Waals surface area contributed by atoms with Crippen molar-refractivity contribution in [1.82, 2.24) is 0 Å². The Kier molecular flexibility index (Phi) is 3.68. The summed E-state index contributed by atoms with van der Waals surface area (Å²) >= 11 is 0. The van der Waals surface area contributed by atoms with Gasteiger partial charge in [-0.1, -0.05) is 0 Å². The molecule has 0 N–H and O–H groups in total. The first-order valence-electron chi connectivity index (χ1n) is 2.69. The average Bonchev–Trinajstić information content (AvgIpc) is 1.99. The fourth-order valence-corrected chi connectivity index (χ4v) is 0.371. The van der Waals surface area contributed by atoms with Crippen LogP contribution < -0.4 is 0 Å². The molecule has 2 heteroatoms. The van der Waals surface area contributed by atoms with E-state index in [9.17, 15) is 9.59 Å². The zero-order valence-electron chi connectivity index (χ0n) is 5.39. The number of terminal acetylenes is 2. The Hall–Kier alpha value is -1.54. The lowest BCUT2D eigenvalue weighted by Crippen LogP contribution is -1.98. The summed E-state index contributed by atoms with van der Waals surface area (Å²) in [5.41, 5.74) is 0. The van der Waals surface area contributed by atoms with Gasteiger partial charge in [0.2, 0.25) is 11.6 Å². The smallest absolute Gasteiger partial charge is 0.205 e. The fourth-order valence-electron chi connectivity index (χ4n) is 0.371. The molecule has 10 heavy (non-hydrogen) atoms. The van der Waals surface area contributed by atoms with Gasteiger partial charge in [-0.15, -0.1) is 12.8 Å². The van der Waals surface area contributed by atoms with Crippen LogP contribution in [0.4, 0.5) is 0 Å². The van der Waals surface area contributed by atoms with E-state index < -0.39 is 0 Å². The average molecular weight is 134 g/mol. The van der Waals surface area contributed by atoms with Crippen molar-refractivity contribution in [3.8, 4) is 24.7 Å². The van der Waals surface area contributed by atoms with Gasteiger partial charge < -0.3 is 0 Å². The molecule has 0 fully saturated rings. The predicted octanol–water partition coefficient (Wildman–Crippen LogP) is 0.171. The van der Waals surface area contributed by atoms with Crippen molar-refractivity contribution in [3.05, 3.63) is 0 Å². The highest BCUT2D eigenvalue weighted by molar-refractivity contribution is 6.01. The Bertz CT molecular complexity index is 199. The summed E-state index contributed by atoms with van der Waals surface area (Å²) in [5.74, 6) is 3.00. The van der Waals surface area contributed by atoms with E-state index in [1.165, 1.54) is 0 Å². The third-order valence-corrected chi connectivity index (χ3v) is 0.901. The molecular weight excluding hydrogens is 128 g/mol. The molecule has 0 aromatic heterocycles. The Morgan fingerprint density at radius 3 is 1.50 bits per heavy atom. The van der Waals surface area contributed by atoms with Crippen LogP contribution in [0.5, 0.6) is 0 Å². The van der Waals surface area contributed by atoms with Crippen LogP contribution in [0.3, 0.4) is 0 Å². The van der Waals surface area contributed by atoms with E-state index in [4.69, 9.17) is 12.8 Å².